The van der Waals surface area contributed by atoms with Gasteiger partial charge in [-0.2, -0.15) is 13.2 Å². The van der Waals surface area contributed by atoms with Gasteiger partial charge in [-0.15, -0.1) is 0 Å². The number of fused-ring (bicyclic) bond motifs is 1. The van der Waals surface area contributed by atoms with Gasteiger partial charge in [0.25, 0.3) is 5.91 Å². The number of carboxylic acids is 1. The highest BCUT2D eigenvalue weighted by Gasteiger charge is 2.38. The van der Waals surface area contributed by atoms with Crippen molar-refractivity contribution in [2.24, 2.45) is 5.73 Å². The Balaban J connectivity index is 0.000000270. The molecule has 114 valence electrons. The van der Waals surface area contributed by atoms with Crippen molar-refractivity contribution in [2.75, 3.05) is 7.11 Å². The number of alkyl halides is 3. The minimum atomic E-state index is -5.08. The molecule has 0 aliphatic rings. The number of halogens is 3. The van der Waals surface area contributed by atoms with Crippen molar-refractivity contribution in [1.82, 2.24) is 4.98 Å². The smallest absolute Gasteiger partial charge is 0.490 e. The number of carbonyl (C=O) groups excluding carboxylic acids is 1. The van der Waals surface area contributed by atoms with Gasteiger partial charge in [0.15, 0.2) is 0 Å². The summed E-state index contributed by atoms with van der Waals surface area (Å²) in [6.45, 7) is 0. The standard InChI is InChI=1S/C10H10N2O2.C2HF3O2/c1-14-7-2-3-8-6(4-7)5-9(12-8)10(11)13;3-2(4,5)1(6)7/h2-5,12H,1H3,(H2,11,13);(H,6,7). The maximum Gasteiger partial charge on any atom is 0.490 e. The number of nitrogens with one attached hydrogen (secondary N) is 1. The summed E-state index contributed by atoms with van der Waals surface area (Å²) >= 11 is 0. The molecule has 2 rings (SSSR count). The second-order valence-corrected chi connectivity index (χ2v) is 3.80. The number of carbonyl (C=O) groups is 2. The van der Waals surface area contributed by atoms with Crippen molar-refractivity contribution in [3.05, 3.63) is 30.0 Å². The molecular formula is C12H11F3N2O4. The molecule has 21 heavy (non-hydrogen) atoms. The van der Waals surface area contributed by atoms with Gasteiger partial charge in [0.2, 0.25) is 0 Å². The molecule has 1 aromatic heterocycles. The minimum absolute atomic E-state index is 0.410. The number of primary amides is 1. The van der Waals surface area contributed by atoms with Gasteiger partial charge in [0.05, 0.1) is 7.11 Å². The van der Waals surface area contributed by atoms with Crippen LogP contribution in [-0.4, -0.2) is 35.3 Å². The lowest BCUT2D eigenvalue weighted by Crippen LogP contribution is -2.21. The van der Waals surface area contributed by atoms with Crippen LogP contribution in [0.4, 0.5) is 13.2 Å². The SMILES string of the molecule is COc1ccc2[nH]c(C(N)=O)cc2c1.O=C(O)C(F)(F)F. The number of nitrogens with two attached hydrogens (primary N) is 1. The molecule has 0 unspecified atom stereocenters. The molecule has 0 bridgehead atoms. The fraction of sp³-hybridized carbons (Fsp3) is 0.167. The van der Waals surface area contributed by atoms with E-state index in [9.17, 15) is 18.0 Å². The lowest BCUT2D eigenvalue weighted by Gasteiger charge is -1.97. The van der Waals surface area contributed by atoms with Crippen LogP contribution in [0, 0.1) is 0 Å². The Labute approximate surface area is 116 Å². The van der Waals surface area contributed by atoms with Crippen LogP contribution in [0.25, 0.3) is 10.9 Å². The molecule has 0 atom stereocenters. The first kappa shape index (κ1) is 16.3. The number of hydrogen-bond acceptors (Lipinski definition) is 3. The Morgan fingerprint density at radius 2 is 1.86 bits per heavy atom. The molecular weight excluding hydrogens is 293 g/mol. The first-order chi connectivity index (χ1) is 9.65. The lowest BCUT2D eigenvalue weighted by molar-refractivity contribution is -0.192. The summed E-state index contributed by atoms with van der Waals surface area (Å²) in [6, 6.07) is 7.22. The highest BCUT2D eigenvalue weighted by atomic mass is 19.4. The summed E-state index contributed by atoms with van der Waals surface area (Å²) in [5.41, 5.74) is 6.43. The van der Waals surface area contributed by atoms with E-state index in [1.807, 2.05) is 18.2 Å². The van der Waals surface area contributed by atoms with E-state index in [0.717, 1.165) is 16.7 Å². The van der Waals surface area contributed by atoms with Crippen LogP contribution in [0.15, 0.2) is 24.3 Å². The molecule has 1 heterocycles. The number of methoxy groups -OCH3 is 1. The molecule has 0 fully saturated rings. The van der Waals surface area contributed by atoms with Crippen LogP contribution in [0.1, 0.15) is 10.5 Å². The van der Waals surface area contributed by atoms with Crippen molar-refractivity contribution in [2.45, 2.75) is 6.18 Å². The van der Waals surface area contributed by atoms with Crippen LogP contribution in [-0.2, 0) is 4.79 Å². The monoisotopic (exact) mass is 304 g/mol. The number of aromatic nitrogens is 1. The highest BCUT2D eigenvalue weighted by molar-refractivity contribution is 5.97. The van der Waals surface area contributed by atoms with E-state index in [2.05, 4.69) is 4.98 Å². The number of hydrogen-bond donors (Lipinski definition) is 3. The fourth-order valence-electron chi connectivity index (χ4n) is 1.37. The van der Waals surface area contributed by atoms with Gasteiger partial charge in [-0.25, -0.2) is 4.79 Å². The van der Waals surface area contributed by atoms with Crippen molar-refractivity contribution in [3.8, 4) is 5.75 Å². The second kappa shape index (κ2) is 6.16. The first-order valence-corrected chi connectivity index (χ1v) is 5.42. The molecule has 1 aromatic carbocycles. The van der Waals surface area contributed by atoms with E-state index in [4.69, 9.17) is 20.4 Å². The molecule has 0 radical (unpaired) electrons. The molecule has 0 saturated heterocycles. The Kier molecular flexibility index (Phi) is 4.79. The zero-order valence-electron chi connectivity index (χ0n) is 10.7. The van der Waals surface area contributed by atoms with E-state index < -0.39 is 18.1 Å². The largest absolute Gasteiger partial charge is 0.497 e. The topological polar surface area (TPSA) is 105 Å². The third-order valence-corrected chi connectivity index (χ3v) is 2.34. The predicted octanol–water partition coefficient (Wildman–Crippen LogP) is 1.91. The van der Waals surface area contributed by atoms with Crippen LogP contribution < -0.4 is 10.5 Å². The van der Waals surface area contributed by atoms with E-state index in [0.29, 0.717) is 5.69 Å². The van der Waals surface area contributed by atoms with Gasteiger partial charge in [-0.05, 0) is 24.3 Å². The number of H-pyrrole nitrogens is 1. The number of aromatic amines is 1. The summed E-state index contributed by atoms with van der Waals surface area (Å²) in [6.07, 6.45) is -5.08. The molecule has 1 amide bonds. The van der Waals surface area contributed by atoms with Crippen molar-refractivity contribution in [3.63, 3.8) is 0 Å². The number of aliphatic carboxylic acids is 1. The highest BCUT2D eigenvalue weighted by Crippen LogP contribution is 2.21. The van der Waals surface area contributed by atoms with Gasteiger partial charge >= 0.3 is 12.1 Å². The van der Waals surface area contributed by atoms with Gasteiger partial charge in [0.1, 0.15) is 11.4 Å². The second-order valence-electron chi connectivity index (χ2n) is 3.80. The van der Waals surface area contributed by atoms with E-state index >= 15 is 0 Å². The number of carboxylic acid groups (broad SMARTS) is 1. The normalized spacial score (nSPS) is 10.7. The summed E-state index contributed by atoms with van der Waals surface area (Å²) in [5, 5.41) is 8.04. The lowest BCUT2D eigenvalue weighted by atomic mass is 10.2. The van der Waals surface area contributed by atoms with Gasteiger partial charge in [0, 0.05) is 10.9 Å². The number of benzene rings is 1. The summed E-state index contributed by atoms with van der Waals surface area (Å²) in [5.74, 6) is -2.46. The summed E-state index contributed by atoms with van der Waals surface area (Å²) in [7, 11) is 1.60. The van der Waals surface area contributed by atoms with Gasteiger partial charge in [-0.1, -0.05) is 0 Å². The van der Waals surface area contributed by atoms with Crippen LogP contribution in [0.2, 0.25) is 0 Å². The molecule has 0 spiro atoms. The molecule has 6 nitrogen and oxygen atoms in total. The van der Waals surface area contributed by atoms with Crippen molar-refractivity contribution >= 4 is 22.8 Å². The van der Waals surface area contributed by atoms with Gasteiger partial charge in [-0.3, -0.25) is 4.79 Å². The Morgan fingerprint density at radius 1 is 1.29 bits per heavy atom. The zero-order valence-corrected chi connectivity index (χ0v) is 10.7. The summed E-state index contributed by atoms with van der Waals surface area (Å²) in [4.78, 5) is 22.7. The molecule has 9 heteroatoms. The van der Waals surface area contributed by atoms with E-state index in [-0.39, 0.29) is 0 Å². The third kappa shape index (κ3) is 4.41. The summed E-state index contributed by atoms with van der Waals surface area (Å²) < 4.78 is 36.8. The van der Waals surface area contributed by atoms with Crippen molar-refractivity contribution < 1.29 is 32.6 Å². The fourth-order valence-corrected chi connectivity index (χ4v) is 1.37. The van der Waals surface area contributed by atoms with E-state index in [1.165, 1.54) is 0 Å². The Morgan fingerprint density at radius 3 is 2.29 bits per heavy atom. The van der Waals surface area contributed by atoms with Crippen LogP contribution >= 0.6 is 0 Å². The average Bonchev–Trinajstić information content (AvgIpc) is 2.81. The van der Waals surface area contributed by atoms with Crippen LogP contribution in [0.3, 0.4) is 0 Å². The van der Waals surface area contributed by atoms with Crippen LogP contribution in [0.5, 0.6) is 5.75 Å². The Hall–Kier alpha value is -2.71. The molecule has 0 saturated carbocycles. The average molecular weight is 304 g/mol. The predicted molar refractivity (Wildman–Crippen MR) is 67.1 cm³/mol. The molecule has 4 N–H and O–H groups in total. The third-order valence-electron chi connectivity index (χ3n) is 2.34. The molecule has 0 aliphatic carbocycles. The maximum atomic E-state index is 10.9. The first-order valence-electron chi connectivity index (χ1n) is 5.42. The maximum absolute atomic E-state index is 10.9. The minimum Gasteiger partial charge on any atom is -0.497 e. The zero-order chi connectivity index (χ0) is 16.2. The van der Waals surface area contributed by atoms with Crippen molar-refractivity contribution in [1.29, 1.82) is 0 Å². The quantitative estimate of drug-likeness (QED) is 0.788. The van der Waals surface area contributed by atoms with E-state index in [1.54, 1.807) is 13.2 Å². The number of amides is 1. The molecule has 2 aromatic rings. The number of rotatable bonds is 2. The molecule has 0 aliphatic heterocycles. The van der Waals surface area contributed by atoms with Gasteiger partial charge < -0.3 is 20.6 Å². The Bertz CT molecular complexity index is 664. The number of ether oxygens (including phenoxy) is 1.